The fourth-order valence-electron chi connectivity index (χ4n) is 3.67. The molecule has 12 nitrogen and oxygen atoms in total. The summed E-state index contributed by atoms with van der Waals surface area (Å²) in [6.45, 7) is 11.6. The highest BCUT2D eigenvalue weighted by atomic mass is 16.7. The molecule has 8 atom stereocenters. The number of ether oxygens (including phenoxy) is 5. The van der Waals surface area contributed by atoms with E-state index in [-0.39, 0.29) is 19.8 Å². The molecular formula is C21H37N3O9. The van der Waals surface area contributed by atoms with Gasteiger partial charge in [0.25, 0.3) is 0 Å². The molecule has 0 radical (unpaired) electrons. The van der Waals surface area contributed by atoms with Crippen molar-refractivity contribution in [3.8, 4) is 0 Å². The van der Waals surface area contributed by atoms with Gasteiger partial charge in [0.2, 0.25) is 0 Å². The maximum atomic E-state index is 10.2. The third kappa shape index (κ3) is 7.13. The zero-order chi connectivity index (χ0) is 24.6. The smallest absolute Gasteiger partial charge is 0.184 e. The van der Waals surface area contributed by atoms with Crippen molar-refractivity contribution in [2.24, 2.45) is 0 Å². The molecule has 0 spiro atoms. The lowest BCUT2D eigenvalue weighted by Gasteiger charge is -2.29. The summed E-state index contributed by atoms with van der Waals surface area (Å²) in [5.41, 5.74) is -0.472. The molecule has 3 heterocycles. The van der Waals surface area contributed by atoms with Crippen LogP contribution in [0.3, 0.4) is 0 Å². The van der Waals surface area contributed by atoms with Gasteiger partial charge in [-0.15, -0.1) is 5.10 Å². The van der Waals surface area contributed by atoms with E-state index in [0.29, 0.717) is 5.69 Å². The van der Waals surface area contributed by atoms with Gasteiger partial charge in [0.1, 0.15) is 42.3 Å². The summed E-state index contributed by atoms with van der Waals surface area (Å²) in [5.74, 6) is 0. The Bertz CT molecular complexity index is 763. The van der Waals surface area contributed by atoms with Crippen LogP contribution in [0.2, 0.25) is 0 Å². The molecule has 2 fully saturated rings. The lowest BCUT2D eigenvalue weighted by molar-refractivity contribution is -0.147. The van der Waals surface area contributed by atoms with Crippen LogP contribution in [-0.2, 0) is 36.8 Å². The van der Waals surface area contributed by atoms with Gasteiger partial charge in [-0.05, 0) is 41.5 Å². The average Bonchev–Trinajstić information content (AvgIpc) is 3.31. The van der Waals surface area contributed by atoms with Gasteiger partial charge in [0.15, 0.2) is 12.6 Å². The van der Waals surface area contributed by atoms with Gasteiger partial charge >= 0.3 is 0 Å². The summed E-state index contributed by atoms with van der Waals surface area (Å²) >= 11 is 0. The largest absolute Gasteiger partial charge is 0.385 e. The Balaban J connectivity index is 1.57. The molecule has 2 aliphatic heterocycles. The molecule has 4 N–H and O–H groups in total. The van der Waals surface area contributed by atoms with Gasteiger partial charge in [-0.3, -0.25) is 0 Å². The third-order valence-electron chi connectivity index (χ3n) is 5.17. The summed E-state index contributed by atoms with van der Waals surface area (Å²) in [4.78, 5) is 0. The first-order valence-corrected chi connectivity index (χ1v) is 11.1. The van der Waals surface area contributed by atoms with Crippen molar-refractivity contribution in [3.63, 3.8) is 0 Å². The molecule has 0 amide bonds. The number of aliphatic hydroxyl groups is 4. The summed E-state index contributed by atoms with van der Waals surface area (Å²) < 4.78 is 29.7. The van der Waals surface area contributed by atoms with E-state index in [1.54, 1.807) is 6.20 Å². The summed E-state index contributed by atoms with van der Waals surface area (Å²) in [7, 11) is 0. The summed E-state index contributed by atoms with van der Waals surface area (Å²) in [5, 5.41) is 48.3. The van der Waals surface area contributed by atoms with Crippen LogP contribution >= 0.6 is 0 Å². The van der Waals surface area contributed by atoms with Crippen molar-refractivity contribution in [3.05, 3.63) is 11.9 Å². The minimum atomic E-state index is -1.36. The van der Waals surface area contributed by atoms with E-state index in [1.165, 1.54) is 4.68 Å². The molecule has 2 saturated heterocycles. The van der Waals surface area contributed by atoms with Gasteiger partial charge in [0, 0.05) is 0 Å². The third-order valence-corrected chi connectivity index (χ3v) is 5.17. The van der Waals surface area contributed by atoms with E-state index >= 15 is 0 Å². The Morgan fingerprint density at radius 2 is 1.52 bits per heavy atom. The van der Waals surface area contributed by atoms with Crippen LogP contribution in [0.15, 0.2) is 6.20 Å². The predicted molar refractivity (Wildman–Crippen MR) is 113 cm³/mol. The van der Waals surface area contributed by atoms with Crippen LogP contribution in [0.5, 0.6) is 0 Å². The van der Waals surface area contributed by atoms with E-state index < -0.39 is 60.4 Å². The van der Waals surface area contributed by atoms with Crippen LogP contribution in [0.25, 0.3) is 0 Å². The van der Waals surface area contributed by atoms with Gasteiger partial charge < -0.3 is 44.1 Å². The van der Waals surface area contributed by atoms with Crippen molar-refractivity contribution >= 4 is 0 Å². The Hall–Kier alpha value is -1.22. The van der Waals surface area contributed by atoms with Crippen LogP contribution < -0.4 is 0 Å². The second-order valence-electron chi connectivity index (χ2n) is 10.4. The normalized spacial score (nSPS) is 35.5. The maximum Gasteiger partial charge on any atom is 0.184 e. The molecule has 2 aliphatic rings. The minimum absolute atomic E-state index is 0.0164. The van der Waals surface area contributed by atoms with Crippen molar-refractivity contribution in [2.45, 2.75) is 115 Å². The Kier molecular flexibility index (Phi) is 8.14. The number of aliphatic hydroxyl groups excluding tert-OH is 4. The van der Waals surface area contributed by atoms with Crippen LogP contribution in [0.4, 0.5) is 0 Å². The van der Waals surface area contributed by atoms with E-state index in [9.17, 15) is 20.4 Å². The molecule has 0 aromatic carbocycles. The quantitative estimate of drug-likeness (QED) is 0.377. The monoisotopic (exact) mass is 475 g/mol. The van der Waals surface area contributed by atoms with Gasteiger partial charge in [0.05, 0.1) is 37.2 Å². The standard InChI is InChI=1S/C21H37N3O9/c1-20(2,3)30-10-13-16(14(25)18(27)32-13)29-9-11-7-24(23-22-11)8-12-17(33-21(4,5)6)15(26)19(28)31-12/h7,12-19,25-28H,8-10H2,1-6H3/t12-,13-,14?,15?,16?,17?,18-,19-/m1/s1. The van der Waals surface area contributed by atoms with Crippen LogP contribution in [0.1, 0.15) is 47.2 Å². The topological polar surface area (TPSA) is 158 Å². The fraction of sp³-hybridized carbons (Fsp3) is 0.905. The molecule has 1 aromatic heterocycles. The molecule has 190 valence electrons. The fourth-order valence-corrected chi connectivity index (χ4v) is 3.67. The van der Waals surface area contributed by atoms with Crippen LogP contribution in [-0.4, -0.2) is 102 Å². The van der Waals surface area contributed by atoms with Gasteiger partial charge in [-0.25, -0.2) is 4.68 Å². The molecule has 4 unspecified atom stereocenters. The molecular weight excluding hydrogens is 438 g/mol. The zero-order valence-corrected chi connectivity index (χ0v) is 20.0. The number of rotatable bonds is 8. The van der Waals surface area contributed by atoms with E-state index in [2.05, 4.69) is 10.3 Å². The molecule has 12 heteroatoms. The van der Waals surface area contributed by atoms with E-state index in [0.717, 1.165) is 0 Å². The number of aromatic nitrogens is 3. The maximum absolute atomic E-state index is 10.2. The zero-order valence-electron chi connectivity index (χ0n) is 20.0. The van der Waals surface area contributed by atoms with Gasteiger partial charge in [-0.2, -0.15) is 0 Å². The molecule has 0 bridgehead atoms. The minimum Gasteiger partial charge on any atom is -0.385 e. The second kappa shape index (κ2) is 10.2. The predicted octanol–water partition coefficient (Wildman–Crippen LogP) is -0.682. The van der Waals surface area contributed by atoms with E-state index in [1.807, 2.05) is 41.5 Å². The number of hydrogen-bond donors (Lipinski definition) is 4. The highest BCUT2D eigenvalue weighted by Crippen LogP contribution is 2.28. The highest BCUT2D eigenvalue weighted by molar-refractivity contribution is 4.95. The first-order chi connectivity index (χ1) is 15.2. The van der Waals surface area contributed by atoms with Crippen molar-refractivity contribution < 1.29 is 44.1 Å². The number of hydrogen-bond acceptors (Lipinski definition) is 11. The lowest BCUT2D eigenvalue weighted by atomic mass is 10.1. The van der Waals surface area contributed by atoms with Gasteiger partial charge in [-0.1, -0.05) is 5.21 Å². The Morgan fingerprint density at radius 3 is 2.12 bits per heavy atom. The first-order valence-electron chi connectivity index (χ1n) is 11.1. The SMILES string of the molecule is CC(C)(C)OC[C@H]1O[C@@H](O)C(O)C1OCc1cn(C[C@H]2O[C@@H](O)C(O)C2OC(C)(C)C)nn1. The lowest BCUT2D eigenvalue weighted by Crippen LogP contribution is -2.42. The highest BCUT2D eigenvalue weighted by Gasteiger charge is 2.46. The second-order valence-corrected chi connectivity index (χ2v) is 10.4. The molecule has 0 aliphatic carbocycles. The van der Waals surface area contributed by atoms with Crippen molar-refractivity contribution in [1.29, 1.82) is 0 Å². The molecule has 0 saturated carbocycles. The first kappa shape index (κ1) is 26.4. The van der Waals surface area contributed by atoms with E-state index in [4.69, 9.17) is 23.7 Å². The van der Waals surface area contributed by atoms with Crippen molar-refractivity contribution in [1.82, 2.24) is 15.0 Å². The van der Waals surface area contributed by atoms with Crippen LogP contribution in [0, 0.1) is 0 Å². The Morgan fingerprint density at radius 1 is 0.909 bits per heavy atom. The summed E-state index contributed by atoms with van der Waals surface area (Å²) in [6, 6.07) is 0. The molecule has 3 rings (SSSR count). The number of nitrogens with zero attached hydrogens (tertiary/aromatic N) is 3. The average molecular weight is 476 g/mol. The molecule has 33 heavy (non-hydrogen) atoms. The Labute approximate surface area is 193 Å². The summed E-state index contributed by atoms with van der Waals surface area (Å²) in [6.07, 6.45) is -6.30. The molecule has 1 aromatic rings. The van der Waals surface area contributed by atoms with Crippen molar-refractivity contribution in [2.75, 3.05) is 6.61 Å².